The number of nitrogens with one attached hydrogen (secondary N) is 1. The van der Waals surface area contributed by atoms with Crippen molar-refractivity contribution in [2.75, 3.05) is 37.0 Å². The predicted molar refractivity (Wildman–Crippen MR) is 108 cm³/mol. The lowest BCUT2D eigenvalue weighted by molar-refractivity contribution is 0.280. The first kappa shape index (κ1) is 17.8. The number of H-pyrrole nitrogens is 1. The Bertz CT molecular complexity index is 1110. The van der Waals surface area contributed by atoms with Gasteiger partial charge in [0.15, 0.2) is 11.6 Å². The summed E-state index contributed by atoms with van der Waals surface area (Å²) >= 11 is 0. The Morgan fingerprint density at radius 3 is 2.83 bits per heavy atom. The molecule has 1 saturated heterocycles. The van der Waals surface area contributed by atoms with E-state index in [1.807, 2.05) is 16.7 Å². The third-order valence-electron chi connectivity index (χ3n) is 5.78. The maximum atomic E-state index is 14.0. The number of pyridine rings is 1. The Balaban J connectivity index is 1.48. The zero-order valence-electron chi connectivity index (χ0n) is 16.3. The number of aromatic nitrogens is 5. The van der Waals surface area contributed by atoms with E-state index >= 15 is 0 Å². The number of hydrogen-bond acceptors (Lipinski definition) is 6. The van der Waals surface area contributed by atoms with Gasteiger partial charge < -0.3 is 19.4 Å². The minimum absolute atomic E-state index is 0.00599. The molecule has 0 radical (unpaired) electrons. The number of imidazole rings is 1. The van der Waals surface area contributed by atoms with Crippen LogP contribution in [0.4, 0.5) is 16.2 Å². The zero-order valence-corrected chi connectivity index (χ0v) is 16.3. The highest BCUT2D eigenvalue weighted by molar-refractivity contribution is 5.54. The molecule has 3 aromatic rings. The van der Waals surface area contributed by atoms with Gasteiger partial charge in [-0.25, -0.2) is 14.4 Å². The van der Waals surface area contributed by atoms with E-state index in [-0.39, 0.29) is 17.3 Å². The van der Waals surface area contributed by atoms with Crippen molar-refractivity contribution in [1.82, 2.24) is 24.5 Å². The molecule has 0 amide bonds. The van der Waals surface area contributed by atoms with Crippen LogP contribution in [0.15, 0.2) is 35.5 Å². The molecule has 2 atom stereocenters. The third kappa shape index (κ3) is 2.97. The topological polar surface area (TPSA) is 82.9 Å². The fraction of sp³-hybridized carbons (Fsp3) is 0.400. The van der Waals surface area contributed by atoms with Crippen LogP contribution in [0.1, 0.15) is 18.0 Å². The van der Waals surface area contributed by atoms with Gasteiger partial charge >= 0.3 is 0 Å². The van der Waals surface area contributed by atoms with Crippen LogP contribution >= 0.6 is 0 Å². The van der Waals surface area contributed by atoms with Gasteiger partial charge in [-0.2, -0.15) is 4.98 Å². The number of nitrogens with zero attached hydrogens (tertiary/aromatic N) is 6. The Hall–Kier alpha value is -3.23. The van der Waals surface area contributed by atoms with Crippen molar-refractivity contribution in [3.8, 4) is 11.4 Å². The molecule has 2 aliphatic heterocycles. The Labute approximate surface area is 167 Å². The Morgan fingerprint density at radius 2 is 2.07 bits per heavy atom. The van der Waals surface area contributed by atoms with Gasteiger partial charge in [0, 0.05) is 57.7 Å². The van der Waals surface area contributed by atoms with Gasteiger partial charge in [-0.05, 0) is 24.5 Å². The average molecular weight is 395 g/mol. The van der Waals surface area contributed by atoms with Crippen molar-refractivity contribution in [3.05, 3.63) is 52.6 Å². The molecule has 2 bridgehead atoms. The predicted octanol–water partition coefficient (Wildman–Crippen LogP) is 1.86. The average Bonchev–Trinajstić information content (AvgIpc) is 3.23. The second kappa shape index (κ2) is 6.68. The van der Waals surface area contributed by atoms with Crippen molar-refractivity contribution in [2.24, 2.45) is 5.92 Å². The van der Waals surface area contributed by atoms with Crippen LogP contribution in [0.2, 0.25) is 0 Å². The number of piperidine rings is 1. The molecule has 9 heteroatoms. The van der Waals surface area contributed by atoms with Crippen molar-refractivity contribution in [3.63, 3.8) is 0 Å². The number of aromatic amines is 1. The van der Waals surface area contributed by atoms with Gasteiger partial charge in [0.25, 0.3) is 5.56 Å². The molecular weight excluding hydrogens is 373 g/mol. The van der Waals surface area contributed by atoms with E-state index < -0.39 is 5.82 Å². The highest BCUT2D eigenvalue weighted by Gasteiger charge is 2.36. The Kier molecular flexibility index (Phi) is 4.11. The molecule has 1 N–H and O–H groups in total. The summed E-state index contributed by atoms with van der Waals surface area (Å²) in [7, 11) is 3.53. The second-order valence-electron chi connectivity index (χ2n) is 7.97. The van der Waals surface area contributed by atoms with Crippen LogP contribution < -0.4 is 15.4 Å². The van der Waals surface area contributed by atoms with E-state index in [1.165, 1.54) is 6.20 Å². The molecular formula is C20H22FN7O. The van der Waals surface area contributed by atoms with Crippen molar-refractivity contribution in [1.29, 1.82) is 0 Å². The summed E-state index contributed by atoms with van der Waals surface area (Å²) in [5.74, 6) is 1.50. The molecule has 2 aliphatic rings. The van der Waals surface area contributed by atoms with Crippen molar-refractivity contribution < 1.29 is 4.39 Å². The first-order valence-corrected chi connectivity index (χ1v) is 9.69. The summed E-state index contributed by atoms with van der Waals surface area (Å²) in [4.78, 5) is 32.7. The van der Waals surface area contributed by atoms with Crippen LogP contribution in [0.5, 0.6) is 0 Å². The van der Waals surface area contributed by atoms with Gasteiger partial charge in [-0.15, -0.1) is 0 Å². The number of hydrogen-bond donors (Lipinski definition) is 1. The number of rotatable bonds is 3. The normalized spacial score (nSPS) is 20.4. The van der Waals surface area contributed by atoms with Gasteiger partial charge in [-0.3, -0.25) is 4.79 Å². The van der Waals surface area contributed by atoms with E-state index in [0.29, 0.717) is 36.3 Å². The van der Waals surface area contributed by atoms with E-state index in [1.54, 1.807) is 31.4 Å². The molecule has 0 saturated carbocycles. The standard InChI is InChI=1S/C20H22FN7O/c1-26(2)18-15(21)8-24-20(25-18)27-9-12-7-13(11-27)16-4-3-14(17-22-5-6-23-17)19(29)28(16)10-12/h3-6,8,12-13H,7,9-11H2,1-2H3,(H,22,23)/t12-,13+/m0/s1. The molecule has 5 heterocycles. The monoisotopic (exact) mass is 395 g/mol. The lowest BCUT2D eigenvalue weighted by Gasteiger charge is -2.43. The quantitative estimate of drug-likeness (QED) is 0.729. The van der Waals surface area contributed by atoms with Gasteiger partial charge in [-0.1, -0.05) is 0 Å². The van der Waals surface area contributed by atoms with Crippen molar-refractivity contribution in [2.45, 2.75) is 18.9 Å². The summed E-state index contributed by atoms with van der Waals surface area (Å²) in [6.07, 6.45) is 5.63. The fourth-order valence-corrected chi connectivity index (χ4v) is 4.52. The van der Waals surface area contributed by atoms with Crippen LogP contribution in [0.3, 0.4) is 0 Å². The van der Waals surface area contributed by atoms with E-state index in [9.17, 15) is 9.18 Å². The molecule has 8 nitrogen and oxygen atoms in total. The lowest BCUT2D eigenvalue weighted by Crippen LogP contribution is -2.48. The fourth-order valence-electron chi connectivity index (χ4n) is 4.52. The summed E-state index contributed by atoms with van der Waals surface area (Å²) in [5.41, 5.74) is 1.61. The molecule has 3 aromatic heterocycles. The molecule has 29 heavy (non-hydrogen) atoms. The number of anilines is 2. The minimum atomic E-state index is -0.432. The molecule has 1 fully saturated rings. The van der Waals surface area contributed by atoms with E-state index in [0.717, 1.165) is 18.7 Å². The molecule has 0 aromatic carbocycles. The molecule has 0 unspecified atom stereocenters. The maximum Gasteiger partial charge on any atom is 0.261 e. The highest BCUT2D eigenvalue weighted by atomic mass is 19.1. The molecule has 0 spiro atoms. The number of fused-ring (bicyclic) bond motifs is 4. The summed E-state index contributed by atoms with van der Waals surface area (Å²) in [5, 5.41) is 0. The molecule has 150 valence electrons. The van der Waals surface area contributed by atoms with Gasteiger partial charge in [0.1, 0.15) is 5.82 Å². The van der Waals surface area contributed by atoms with Crippen LogP contribution in [0, 0.1) is 11.7 Å². The van der Waals surface area contributed by atoms with E-state index in [4.69, 9.17) is 0 Å². The third-order valence-corrected chi connectivity index (χ3v) is 5.78. The Morgan fingerprint density at radius 1 is 1.21 bits per heavy atom. The zero-order chi connectivity index (χ0) is 20.1. The van der Waals surface area contributed by atoms with Gasteiger partial charge in [0.05, 0.1) is 11.8 Å². The SMILES string of the molecule is CN(C)c1nc(N2C[C@@H]3C[C@H](C2)c2ccc(-c4ncc[nH]4)c(=O)n2C3)ncc1F. The molecule has 5 rings (SSSR count). The first-order chi connectivity index (χ1) is 14.0. The summed E-state index contributed by atoms with van der Waals surface area (Å²) in [6.45, 7) is 2.10. The number of halogens is 1. The van der Waals surface area contributed by atoms with Crippen LogP contribution in [0.25, 0.3) is 11.4 Å². The smallest absolute Gasteiger partial charge is 0.261 e. The summed E-state index contributed by atoms with van der Waals surface area (Å²) in [6, 6.07) is 3.88. The largest absolute Gasteiger partial charge is 0.360 e. The summed E-state index contributed by atoms with van der Waals surface area (Å²) < 4.78 is 15.9. The first-order valence-electron chi connectivity index (χ1n) is 9.69. The maximum absolute atomic E-state index is 14.0. The molecule has 0 aliphatic carbocycles. The highest BCUT2D eigenvalue weighted by Crippen LogP contribution is 2.37. The minimum Gasteiger partial charge on any atom is -0.360 e. The van der Waals surface area contributed by atoms with Crippen molar-refractivity contribution >= 4 is 11.8 Å². The second-order valence-corrected chi connectivity index (χ2v) is 7.97. The van der Waals surface area contributed by atoms with Crippen LogP contribution in [-0.2, 0) is 6.54 Å². The van der Waals surface area contributed by atoms with E-state index in [2.05, 4.69) is 24.8 Å². The van der Waals surface area contributed by atoms with Gasteiger partial charge in [0.2, 0.25) is 5.95 Å². The lowest BCUT2D eigenvalue weighted by atomic mass is 9.83. The van der Waals surface area contributed by atoms with Crippen LogP contribution in [-0.4, -0.2) is 51.7 Å².